The summed E-state index contributed by atoms with van der Waals surface area (Å²) in [5.74, 6) is 3.04. The normalized spacial score (nSPS) is 11.9. The summed E-state index contributed by atoms with van der Waals surface area (Å²) < 4.78 is 18.6. The number of benzene rings is 5. The molecule has 0 amide bonds. The summed E-state index contributed by atoms with van der Waals surface area (Å²) >= 11 is 3.57. The standard InChI is InChI=1S/C35H25BrN2O3/c1-39-25-18-23(19-26(20-25)40-2)28-21-29(22-14-16-24(36)17-15-22)37-35-27(28)8-7-11-32(35)38-30-9-3-5-12-33(30)41-34-13-6-4-10-31(34)38/h3-21H,1-2H3. The zero-order chi connectivity index (χ0) is 27.9. The molecule has 0 bridgehead atoms. The highest BCUT2D eigenvalue weighted by molar-refractivity contribution is 9.10. The molecule has 6 heteroatoms. The predicted octanol–water partition coefficient (Wildman–Crippen LogP) is 9.92. The third-order valence-electron chi connectivity index (χ3n) is 7.29. The van der Waals surface area contributed by atoms with Crippen molar-refractivity contribution in [2.75, 3.05) is 19.1 Å². The maximum Gasteiger partial charge on any atom is 0.151 e. The Kier molecular flexibility index (Phi) is 6.33. The zero-order valence-corrected chi connectivity index (χ0v) is 24.1. The van der Waals surface area contributed by atoms with Gasteiger partial charge >= 0.3 is 0 Å². The van der Waals surface area contributed by atoms with Crippen LogP contribution < -0.4 is 19.1 Å². The fraction of sp³-hybridized carbons (Fsp3) is 0.0571. The zero-order valence-electron chi connectivity index (χ0n) is 22.5. The van der Waals surface area contributed by atoms with Crippen LogP contribution in [-0.2, 0) is 0 Å². The van der Waals surface area contributed by atoms with E-state index in [4.69, 9.17) is 19.2 Å². The highest BCUT2D eigenvalue weighted by Crippen LogP contribution is 2.52. The number of rotatable bonds is 5. The maximum absolute atomic E-state index is 6.30. The molecular formula is C35H25BrN2O3. The Hall–Kier alpha value is -4.81. The Bertz CT molecular complexity index is 1850. The van der Waals surface area contributed by atoms with Crippen molar-refractivity contribution >= 4 is 43.9 Å². The lowest BCUT2D eigenvalue weighted by Gasteiger charge is -2.33. The summed E-state index contributed by atoms with van der Waals surface area (Å²) in [5, 5.41) is 1.01. The highest BCUT2D eigenvalue weighted by atomic mass is 79.9. The second-order valence-electron chi connectivity index (χ2n) is 9.71. The molecule has 1 aliphatic heterocycles. The molecule has 41 heavy (non-hydrogen) atoms. The average Bonchev–Trinajstić information content (AvgIpc) is 3.03. The SMILES string of the molecule is COc1cc(OC)cc(-c2cc(-c3ccc(Br)cc3)nc3c(N4c5ccccc5Oc5ccccc54)cccc23)c1. The summed E-state index contributed by atoms with van der Waals surface area (Å²) in [5.41, 5.74) is 7.64. The van der Waals surface area contributed by atoms with Gasteiger partial charge in [0.15, 0.2) is 11.5 Å². The predicted molar refractivity (Wildman–Crippen MR) is 168 cm³/mol. The minimum atomic E-state index is 0.724. The van der Waals surface area contributed by atoms with Crippen molar-refractivity contribution in [2.24, 2.45) is 0 Å². The molecule has 0 saturated heterocycles. The average molecular weight is 602 g/mol. The number of para-hydroxylation sites is 5. The van der Waals surface area contributed by atoms with Gasteiger partial charge in [-0.2, -0.15) is 0 Å². The number of anilines is 3. The lowest BCUT2D eigenvalue weighted by molar-refractivity contribution is 0.394. The lowest BCUT2D eigenvalue weighted by atomic mass is 9.96. The fourth-order valence-electron chi connectivity index (χ4n) is 5.35. The van der Waals surface area contributed by atoms with Crippen molar-refractivity contribution in [1.82, 2.24) is 4.98 Å². The summed E-state index contributed by atoms with van der Waals surface area (Å²) in [4.78, 5) is 7.55. The van der Waals surface area contributed by atoms with E-state index in [0.717, 1.165) is 77.8 Å². The number of aromatic nitrogens is 1. The third kappa shape index (κ3) is 4.46. The van der Waals surface area contributed by atoms with Gasteiger partial charge in [0.2, 0.25) is 0 Å². The number of hydrogen-bond donors (Lipinski definition) is 0. The molecular weight excluding hydrogens is 576 g/mol. The number of nitrogens with zero attached hydrogens (tertiary/aromatic N) is 2. The largest absolute Gasteiger partial charge is 0.497 e. The van der Waals surface area contributed by atoms with Gasteiger partial charge in [-0.05, 0) is 71.8 Å². The van der Waals surface area contributed by atoms with Gasteiger partial charge in [0, 0.05) is 21.5 Å². The van der Waals surface area contributed by atoms with Crippen molar-refractivity contribution in [1.29, 1.82) is 0 Å². The molecule has 5 nitrogen and oxygen atoms in total. The van der Waals surface area contributed by atoms with Gasteiger partial charge in [0.25, 0.3) is 0 Å². The third-order valence-corrected chi connectivity index (χ3v) is 7.82. The van der Waals surface area contributed by atoms with Gasteiger partial charge in [-0.1, -0.05) is 64.5 Å². The van der Waals surface area contributed by atoms with Crippen LogP contribution in [0.1, 0.15) is 0 Å². The first kappa shape index (κ1) is 25.2. The molecule has 1 aromatic heterocycles. The summed E-state index contributed by atoms with van der Waals surface area (Å²) in [6.45, 7) is 0. The molecule has 0 N–H and O–H groups in total. The highest BCUT2D eigenvalue weighted by Gasteiger charge is 2.27. The van der Waals surface area contributed by atoms with Crippen LogP contribution in [0.25, 0.3) is 33.3 Å². The quantitative estimate of drug-likeness (QED) is 0.197. The van der Waals surface area contributed by atoms with Crippen LogP contribution in [0.5, 0.6) is 23.0 Å². The van der Waals surface area contributed by atoms with Crippen molar-refractivity contribution in [3.8, 4) is 45.4 Å². The number of pyridine rings is 1. The molecule has 0 radical (unpaired) electrons. The summed E-state index contributed by atoms with van der Waals surface area (Å²) in [7, 11) is 3.34. The molecule has 1 aliphatic rings. The monoisotopic (exact) mass is 600 g/mol. The molecule has 0 atom stereocenters. The molecule has 200 valence electrons. The first-order valence-corrected chi connectivity index (χ1v) is 14.0. The minimum absolute atomic E-state index is 0.724. The minimum Gasteiger partial charge on any atom is -0.497 e. The Balaban J connectivity index is 1.55. The molecule has 7 rings (SSSR count). The molecule has 6 aromatic rings. The lowest BCUT2D eigenvalue weighted by Crippen LogP contribution is -2.16. The van der Waals surface area contributed by atoms with E-state index in [9.17, 15) is 0 Å². The second kappa shape index (κ2) is 10.3. The van der Waals surface area contributed by atoms with E-state index >= 15 is 0 Å². The molecule has 0 aliphatic carbocycles. The topological polar surface area (TPSA) is 43.8 Å². The smallest absolute Gasteiger partial charge is 0.151 e. The molecule has 0 unspecified atom stereocenters. The fourth-order valence-corrected chi connectivity index (χ4v) is 5.61. The molecule has 5 aromatic carbocycles. The number of hydrogen-bond acceptors (Lipinski definition) is 5. The van der Waals surface area contributed by atoms with E-state index in [1.54, 1.807) is 14.2 Å². The van der Waals surface area contributed by atoms with Crippen LogP contribution >= 0.6 is 15.9 Å². The number of ether oxygens (including phenoxy) is 3. The first-order valence-electron chi connectivity index (χ1n) is 13.2. The summed E-state index contributed by atoms with van der Waals surface area (Å²) in [6, 6.07) is 38.9. The van der Waals surface area contributed by atoms with Gasteiger partial charge in [0.1, 0.15) is 11.5 Å². The second-order valence-corrected chi connectivity index (χ2v) is 10.6. The van der Waals surface area contributed by atoms with Crippen LogP contribution in [0.15, 0.2) is 120 Å². The van der Waals surface area contributed by atoms with E-state index in [1.165, 1.54) is 0 Å². The Morgan fingerprint density at radius 1 is 0.634 bits per heavy atom. The molecule has 0 spiro atoms. The van der Waals surface area contributed by atoms with E-state index in [0.29, 0.717) is 0 Å². The van der Waals surface area contributed by atoms with Crippen LogP contribution in [0.3, 0.4) is 0 Å². The van der Waals surface area contributed by atoms with E-state index in [-0.39, 0.29) is 0 Å². The molecule has 0 fully saturated rings. The van der Waals surface area contributed by atoms with Gasteiger partial charge < -0.3 is 19.1 Å². The van der Waals surface area contributed by atoms with Crippen molar-refractivity contribution in [3.05, 3.63) is 120 Å². The number of halogens is 1. The maximum atomic E-state index is 6.30. The van der Waals surface area contributed by atoms with E-state index in [1.807, 2.05) is 66.7 Å². The Labute approximate surface area is 246 Å². The Morgan fingerprint density at radius 2 is 1.24 bits per heavy atom. The van der Waals surface area contributed by atoms with Gasteiger partial charge in [0.05, 0.1) is 42.5 Å². The van der Waals surface area contributed by atoms with E-state index < -0.39 is 0 Å². The number of methoxy groups -OCH3 is 2. The van der Waals surface area contributed by atoms with Gasteiger partial charge in [-0.15, -0.1) is 0 Å². The van der Waals surface area contributed by atoms with Gasteiger partial charge in [-0.25, -0.2) is 4.98 Å². The van der Waals surface area contributed by atoms with Crippen LogP contribution in [-0.4, -0.2) is 19.2 Å². The summed E-state index contributed by atoms with van der Waals surface area (Å²) in [6.07, 6.45) is 0. The molecule has 2 heterocycles. The van der Waals surface area contributed by atoms with E-state index in [2.05, 4.69) is 69.4 Å². The van der Waals surface area contributed by atoms with Gasteiger partial charge in [-0.3, -0.25) is 0 Å². The first-order chi connectivity index (χ1) is 20.1. The van der Waals surface area contributed by atoms with Crippen molar-refractivity contribution in [2.45, 2.75) is 0 Å². The number of fused-ring (bicyclic) bond motifs is 3. The van der Waals surface area contributed by atoms with Crippen LogP contribution in [0.2, 0.25) is 0 Å². The van der Waals surface area contributed by atoms with Crippen molar-refractivity contribution in [3.63, 3.8) is 0 Å². The van der Waals surface area contributed by atoms with Crippen molar-refractivity contribution < 1.29 is 14.2 Å². The Morgan fingerprint density at radius 3 is 1.88 bits per heavy atom. The van der Waals surface area contributed by atoms with Crippen LogP contribution in [0.4, 0.5) is 17.1 Å². The van der Waals surface area contributed by atoms with Crippen LogP contribution in [0, 0.1) is 0 Å². The molecule has 0 saturated carbocycles.